The minimum atomic E-state index is 0.218. The molecule has 0 aromatic heterocycles. The van der Waals surface area contributed by atoms with Crippen LogP contribution in [-0.4, -0.2) is 42.9 Å². The molecule has 1 atom stereocenters. The number of nitrogens with one attached hydrogen (secondary N) is 1. The molecule has 0 spiro atoms. The lowest BCUT2D eigenvalue weighted by Crippen LogP contribution is -2.45. The Hall–Kier alpha value is -0.410. The van der Waals surface area contributed by atoms with Crippen LogP contribution < -0.4 is 5.32 Å². The van der Waals surface area contributed by atoms with Crippen LogP contribution in [0, 0.1) is 5.92 Å². The first-order valence-electron chi connectivity index (χ1n) is 6.66. The van der Waals surface area contributed by atoms with Crippen molar-refractivity contribution in [1.29, 1.82) is 0 Å². The van der Waals surface area contributed by atoms with Crippen LogP contribution in [0.15, 0.2) is 0 Å². The highest BCUT2D eigenvalue weighted by atomic mass is 16.1. The lowest BCUT2D eigenvalue weighted by atomic mass is 10.0. The molecule has 0 radical (unpaired) electrons. The zero-order valence-electron chi connectivity index (χ0n) is 11.0. The zero-order chi connectivity index (χ0) is 12.0. The molecule has 0 aliphatic carbocycles. The molecule has 0 bridgehead atoms. The van der Waals surface area contributed by atoms with Crippen LogP contribution in [0.1, 0.15) is 40.0 Å². The number of rotatable bonds is 6. The molecule has 1 fully saturated rings. The van der Waals surface area contributed by atoms with E-state index in [0.29, 0.717) is 18.4 Å². The number of likely N-dealkylation sites (N-methyl/N-ethyl adjacent to an activating group) is 1. The first-order valence-corrected chi connectivity index (χ1v) is 6.66. The molecule has 0 amide bonds. The Morgan fingerprint density at radius 1 is 1.38 bits per heavy atom. The van der Waals surface area contributed by atoms with Gasteiger partial charge in [0.05, 0.1) is 6.54 Å². The van der Waals surface area contributed by atoms with Gasteiger partial charge in [0.15, 0.2) is 0 Å². The van der Waals surface area contributed by atoms with Gasteiger partial charge in [0.2, 0.25) is 0 Å². The summed E-state index contributed by atoms with van der Waals surface area (Å²) in [4.78, 5) is 14.3. The summed E-state index contributed by atoms with van der Waals surface area (Å²) in [5.41, 5.74) is 0. The van der Waals surface area contributed by atoms with E-state index in [2.05, 4.69) is 24.1 Å². The zero-order valence-corrected chi connectivity index (χ0v) is 11.0. The smallest absolute Gasteiger partial charge is 0.149 e. The normalized spacial score (nSPS) is 20.0. The van der Waals surface area contributed by atoms with E-state index in [1.165, 1.54) is 12.8 Å². The van der Waals surface area contributed by atoms with Crippen molar-refractivity contribution in [1.82, 2.24) is 10.2 Å². The van der Waals surface area contributed by atoms with Gasteiger partial charge in [-0.25, -0.2) is 0 Å². The van der Waals surface area contributed by atoms with Crippen LogP contribution >= 0.6 is 0 Å². The van der Waals surface area contributed by atoms with E-state index in [4.69, 9.17) is 0 Å². The number of hydrogen-bond acceptors (Lipinski definition) is 3. The molecule has 1 unspecified atom stereocenters. The Morgan fingerprint density at radius 3 is 2.50 bits per heavy atom. The van der Waals surface area contributed by atoms with Gasteiger partial charge < -0.3 is 5.32 Å². The fraction of sp³-hybridized carbons (Fsp3) is 0.923. The maximum atomic E-state index is 11.9. The summed E-state index contributed by atoms with van der Waals surface area (Å²) in [5, 5.41) is 3.37. The number of Topliss-reactive ketones (excluding diaryl/α,β-unsaturated/α-hetero) is 1. The van der Waals surface area contributed by atoms with E-state index in [9.17, 15) is 4.79 Å². The van der Waals surface area contributed by atoms with Crippen LogP contribution in [0.2, 0.25) is 0 Å². The highest BCUT2D eigenvalue weighted by molar-refractivity contribution is 5.82. The Kier molecular flexibility index (Phi) is 5.99. The van der Waals surface area contributed by atoms with Gasteiger partial charge in [-0.3, -0.25) is 9.69 Å². The van der Waals surface area contributed by atoms with Gasteiger partial charge in [-0.05, 0) is 38.9 Å². The van der Waals surface area contributed by atoms with E-state index in [-0.39, 0.29) is 5.92 Å². The van der Waals surface area contributed by atoms with Gasteiger partial charge in [0.1, 0.15) is 5.78 Å². The second-order valence-electron chi connectivity index (χ2n) is 4.82. The third-order valence-corrected chi connectivity index (χ3v) is 3.75. The molecule has 1 saturated heterocycles. The molecule has 0 aromatic rings. The number of hydrogen-bond donors (Lipinski definition) is 1. The molecular formula is C13H26N2O. The lowest BCUT2D eigenvalue weighted by Gasteiger charge is -2.33. The van der Waals surface area contributed by atoms with Crippen molar-refractivity contribution in [2.75, 3.05) is 26.2 Å². The number of piperidine rings is 1. The largest absolute Gasteiger partial charge is 0.317 e. The minimum absolute atomic E-state index is 0.218. The number of nitrogens with zero attached hydrogens (tertiary/aromatic N) is 1. The molecule has 1 aliphatic heterocycles. The number of carbonyl (C=O) groups excluding carboxylic acids is 1. The predicted molar refractivity (Wildman–Crippen MR) is 67.6 cm³/mol. The third kappa shape index (κ3) is 3.87. The summed E-state index contributed by atoms with van der Waals surface area (Å²) in [6, 6.07) is 0.610. The monoisotopic (exact) mass is 226 g/mol. The van der Waals surface area contributed by atoms with Crippen LogP contribution in [-0.2, 0) is 4.79 Å². The van der Waals surface area contributed by atoms with Crippen LogP contribution in [0.3, 0.4) is 0 Å². The van der Waals surface area contributed by atoms with Crippen molar-refractivity contribution in [3.8, 4) is 0 Å². The van der Waals surface area contributed by atoms with Crippen molar-refractivity contribution in [2.24, 2.45) is 5.92 Å². The molecule has 3 heteroatoms. The van der Waals surface area contributed by atoms with Crippen molar-refractivity contribution in [3.63, 3.8) is 0 Å². The van der Waals surface area contributed by atoms with Gasteiger partial charge in [-0.2, -0.15) is 0 Å². The van der Waals surface area contributed by atoms with Crippen LogP contribution in [0.25, 0.3) is 0 Å². The van der Waals surface area contributed by atoms with Crippen LogP contribution in [0.5, 0.6) is 0 Å². The topological polar surface area (TPSA) is 32.3 Å². The molecule has 1 aliphatic rings. The maximum absolute atomic E-state index is 11.9. The van der Waals surface area contributed by atoms with Gasteiger partial charge in [-0.15, -0.1) is 0 Å². The number of carbonyl (C=O) groups is 1. The highest BCUT2D eigenvalue weighted by Crippen LogP contribution is 2.13. The second-order valence-corrected chi connectivity index (χ2v) is 4.82. The molecule has 0 aromatic carbocycles. The Balaban J connectivity index is 2.44. The van der Waals surface area contributed by atoms with Crippen molar-refractivity contribution < 1.29 is 4.79 Å². The SMILES string of the molecule is CCC(C)C(=O)CN(CC)C1CCNCC1. The molecule has 16 heavy (non-hydrogen) atoms. The van der Waals surface area contributed by atoms with Crippen molar-refractivity contribution in [3.05, 3.63) is 0 Å². The van der Waals surface area contributed by atoms with Gasteiger partial charge >= 0.3 is 0 Å². The first-order chi connectivity index (χ1) is 7.69. The standard InChI is InChI=1S/C13H26N2O/c1-4-11(3)13(16)10-15(5-2)12-6-8-14-9-7-12/h11-12,14H,4-10H2,1-3H3. The maximum Gasteiger partial charge on any atom is 0.149 e. The Morgan fingerprint density at radius 2 is 2.00 bits per heavy atom. The summed E-state index contributed by atoms with van der Waals surface area (Å²) < 4.78 is 0. The Labute approximate surface area is 99.6 Å². The average Bonchev–Trinajstić information content (AvgIpc) is 2.35. The molecular weight excluding hydrogens is 200 g/mol. The van der Waals surface area contributed by atoms with Crippen molar-refractivity contribution in [2.45, 2.75) is 46.1 Å². The fourth-order valence-electron chi connectivity index (χ4n) is 2.25. The lowest BCUT2D eigenvalue weighted by molar-refractivity contribution is -0.124. The quantitative estimate of drug-likeness (QED) is 0.748. The fourth-order valence-corrected chi connectivity index (χ4v) is 2.25. The van der Waals surface area contributed by atoms with E-state index < -0.39 is 0 Å². The van der Waals surface area contributed by atoms with E-state index in [1.807, 2.05) is 6.92 Å². The molecule has 3 nitrogen and oxygen atoms in total. The molecule has 94 valence electrons. The summed E-state index contributed by atoms with van der Waals surface area (Å²) in [5.74, 6) is 0.624. The summed E-state index contributed by atoms with van der Waals surface area (Å²) >= 11 is 0. The minimum Gasteiger partial charge on any atom is -0.317 e. The molecule has 0 saturated carbocycles. The summed E-state index contributed by atoms with van der Waals surface area (Å²) in [6.45, 7) is 10.1. The van der Waals surface area contributed by atoms with E-state index >= 15 is 0 Å². The van der Waals surface area contributed by atoms with Crippen LogP contribution in [0.4, 0.5) is 0 Å². The third-order valence-electron chi connectivity index (χ3n) is 3.75. The van der Waals surface area contributed by atoms with Crippen molar-refractivity contribution >= 4 is 5.78 Å². The Bertz CT molecular complexity index is 212. The molecule has 1 rings (SSSR count). The second kappa shape index (κ2) is 7.02. The summed E-state index contributed by atoms with van der Waals surface area (Å²) in [7, 11) is 0. The predicted octanol–water partition coefficient (Wildman–Crippen LogP) is 1.68. The van der Waals surface area contributed by atoms with Gasteiger partial charge in [0, 0.05) is 12.0 Å². The summed E-state index contributed by atoms with van der Waals surface area (Å²) in [6.07, 6.45) is 3.33. The van der Waals surface area contributed by atoms with Gasteiger partial charge in [-0.1, -0.05) is 20.8 Å². The highest BCUT2D eigenvalue weighted by Gasteiger charge is 2.22. The average molecular weight is 226 g/mol. The van der Waals surface area contributed by atoms with Gasteiger partial charge in [0.25, 0.3) is 0 Å². The van der Waals surface area contributed by atoms with E-state index in [0.717, 1.165) is 26.1 Å². The number of ketones is 1. The van der Waals surface area contributed by atoms with E-state index in [1.54, 1.807) is 0 Å². The molecule has 1 N–H and O–H groups in total. The molecule has 1 heterocycles. The first kappa shape index (κ1) is 13.7.